The Morgan fingerprint density at radius 3 is 2.74 bits per heavy atom. The zero-order chi connectivity index (χ0) is 14.0. The molecule has 0 amide bonds. The Balaban J connectivity index is 2.29. The fourth-order valence-corrected chi connectivity index (χ4v) is 2.92. The third-order valence-corrected chi connectivity index (χ3v) is 4.31. The van der Waals surface area contributed by atoms with Gasteiger partial charge in [-0.3, -0.25) is 10.1 Å². The molecule has 2 rings (SSSR count). The van der Waals surface area contributed by atoms with Crippen LogP contribution in [0.5, 0.6) is 0 Å². The number of hydrogen-bond donors (Lipinski definition) is 0. The Morgan fingerprint density at radius 2 is 2.05 bits per heavy atom. The van der Waals surface area contributed by atoms with Crippen LogP contribution in [0.15, 0.2) is 22.7 Å². The summed E-state index contributed by atoms with van der Waals surface area (Å²) in [5.74, 6) is 0. The molecule has 0 aliphatic carbocycles. The van der Waals surface area contributed by atoms with Crippen LogP contribution >= 0.6 is 15.9 Å². The topological polar surface area (TPSA) is 46.4 Å². The molecule has 0 radical (unpaired) electrons. The molecular weight excluding hydrogens is 308 g/mol. The van der Waals surface area contributed by atoms with Crippen molar-refractivity contribution in [1.82, 2.24) is 0 Å². The van der Waals surface area contributed by atoms with E-state index in [-0.39, 0.29) is 10.6 Å². The van der Waals surface area contributed by atoms with E-state index in [9.17, 15) is 10.1 Å². The Labute approximate surface area is 122 Å². The van der Waals surface area contributed by atoms with Gasteiger partial charge < -0.3 is 4.90 Å². The Morgan fingerprint density at radius 1 is 1.32 bits per heavy atom. The number of nitro benzene ring substituents is 1. The number of benzene rings is 1. The van der Waals surface area contributed by atoms with E-state index in [1.165, 1.54) is 6.42 Å². The smallest absolute Gasteiger partial charge is 0.293 e. The largest absolute Gasteiger partial charge is 0.366 e. The number of hydrogen-bond acceptors (Lipinski definition) is 3. The minimum absolute atomic E-state index is 0.189. The molecule has 1 aromatic carbocycles. The summed E-state index contributed by atoms with van der Waals surface area (Å²) in [7, 11) is 0. The second-order valence-electron chi connectivity index (χ2n) is 5.89. The fourth-order valence-electron chi connectivity index (χ4n) is 2.57. The summed E-state index contributed by atoms with van der Waals surface area (Å²) >= 11 is 3.30. The van der Waals surface area contributed by atoms with Crippen LogP contribution in [0.4, 0.5) is 11.4 Å². The first kappa shape index (κ1) is 14.3. The van der Waals surface area contributed by atoms with Gasteiger partial charge in [0, 0.05) is 23.6 Å². The molecule has 0 unspecified atom stereocenters. The first-order valence-corrected chi connectivity index (χ1v) is 7.37. The first-order chi connectivity index (χ1) is 8.89. The van der Waals surface area contributed by atoms with Crippen LogP contribution in [0.3, 0.4) is 0 Å². The molecule has 1 aromatic rings. The monoisotopic (exact) mass is 326 g/mol. The van der Waals surface area contributed by atoms with E-state index in [1.54, 1.807) is 6.07 Å². The van der Waals surface area contributed by atoms with Gasteiger partial charge >= 0.3 is 0 Å². The lowest BCUT2D eigenvalue weighted by Gasteiger charge is -2.24. The maximum atomic E-state index is 11.2. The van der Waals surface area contributed by atoms with Crippen molar-refractivity contribution in [3.8, 4) is 0 Å². The SMILES string of the molecule is CC1(C)CCCN(c2ccc(Br)cc2[N+](=O)[O-])CC1. The van der Waals surface area contributed by atoms with Crippen LogP contribution in [0.25, 0.3) is 0 Å². The van der Waals surface area contributed by atoms with Crippen LogP contribution in [-0.4, -0.2) is 18.0 Å². The van der Waals surface area contributed by atoms with E-state index in [0.717, 1.165) is 36.1 Å². The van der Waals surface area contributed by atoms with E-state index in [0.29, 0.717) is 5.41 Å². The molecule has 1 aliphatic heterocycles. The predicted molar refractivity (Wildman–Crippen MR) is 80.6 cm³/mol. The molecule has 1 heterocycles. The summed E-state index contributed by atoms with van der Waals surface area (Å²) in [4.78, 5) is 13.0. The highest BCUT2D eigenvalue weighted by Gasteiger charge is 2.26. The molecule has 4 nitrogen and oxygen atoms in total. The lowest BCUT2D eigenvalue weighted by molar-refractivity contribution is -0.384. The van der Waals surface area contributed by atoms with E-state index in [4.69, 9.17) is 0 Å². The second kappa shape index (κ2) is 5.49. The molecule has 0 spiro atoms. The highest BCUT2D eigenvalue weighted by atomic mass is 79.9. The molecule has 0 N–H and O–H groups in total. The molecule has 19 heavy (non-hydrogen) atoms. The maximum Gasteiger partial charge on any atom is 0.293 e. The van der Waals surface area contributed by atoms with Crippen molar-refractivity contribution >= 4 is 27.3 Å². The highest BCUT2D eigenvalue weighted by Crippen LogP contribution is 2.36. The standard InChI is InChI=1S/C14H19BrN2O2/c1-14(2)6-3-8-16(9-7-14)12-5-4-11(15)10-13(12)17(18)19/h4-5,10H,3,6-9H2,1-2H3. The lowest BCUT2D eigenvalue weighted by Crippen LogP contribution is -2.25. The quantitative estimate of drug-likeness (QED) is 0.598. The fraction of sp³-hybridized carbons (Fsp3) is 0.571. The van der Waals surface area contributed by atoms with Gasteiger partial charge in [-0.1, -0.05) is 29.8 Å². The number of rotatable bonds is 2. The Bertz CT molecular complexity index is 488. The predicted octanol–water partition coefficient (Wildman–Crippen LogP) is 4.37. The van der Waals surface area contributed by atoms with Crippen molar-refractivity contribution in [2.75, 3.05) is 18.0 Å². The molecule has 1 fully saturated rings. The average Bonchev–Trinajstić information content (AvgIpc) is 2.50. The number of nitrogens with zero attached hydrogens (tertiary/aromatic N) is 2. The van der Waals surface area contributed by atoms with Crippen molar-refractivity contribution in [2.45, 2.75) is 33.1 Å². The summed E-state index contributed by atoms with van der Waals surface area (Å²) in [6, 6.07) is 5.31. The molecule has 0 bridgehead atoms. The molecule has 0 atom stereocenters. The van der Waals surface area contributed by atoms with Crippen molar-refractivity contribution in [2.24, 2.45) is 5.41 Å². The molecule has 0 saturated carbocycles. The minimum Gasteiger partial charge on any atom is -0.366 e. The van der Waals surface area contributed by atoms with Crippen molar-refractivity contribution in [1.29, 1.82) is 0 Å². The van der Waals surface area contributed by atoms with Gasteiger partial charge in [-0.05, 0) is 36.8 Å². The van der Waals surface area contributed by atoms with Crippen molar-refractivity contribution in [3.05, 3.63) is 32.8 Å². The van der Waals surface area contributed by atoms with E-state index >= 15 is 0 Å². The van der Waals surface area contributed by atoms with Crippen LogP contribution in [-0.2, 0) is 0 Å². The summed E-state index contributed by atoms with van der Waals surface area (Å²) < 4.78 is 0.748. The zero-order valence-electron chi connectivity index (χ0n) is 11.4. The Kier molecular flexibility index (Phi) is 4.13. The molecular formula is C14H19BrN2O2. The number of nitro groups is 1. The molecule has 1 saturated heterocycles. The van der Waals surface area contributed by atoms with E-state index in [1.807, 2.05) is 12.1 Å². The van der Waals surface area contributed by atoms with Gasteiger partial charge in [0.2, 0.25) is 0 Å². The van der Waals surface area contributed by atoms with E-state index in [2.05, 4.69) is 34.7 Å². The molecule has 104 valence electrons. The van der Waals surface area contributed by atoms with Gasteiger partial charge in [0.25, 0.3) is 5.69 Å². The lowest BCUT2D eigenvalue weighted by atomic mass is 9.85. The van der Waals surface area contributed by atoms with Crippen molar-refractivity contribution in [3.63, 3.8) is 0 Å². The molecule has 5 heteroatoms. The van der Waals surface area contributed by atoms with Gasteiger partial charge in [-0.25, -0.2) is 0 Å². The van der Waals surface area contributed by atoms with Gasteiger partial charge in [0.15, 0.2) is 0 Å². The van der Waals surface area contributed by atoms with Crippen LogP contribution in [0.1, 0.15) is 33.1 Å². The normalized spacial score (nSPS) is 19.0. The van der Waals surface area contributed by atoms with Crippen molar-refractivity contribution < 1.29 is 4.92 Å². The van der Waals surface area contributed by atoms with Gasteiger partial charge in [-0.2, -0.15) is 0 Å². The van der Waals surface area contributed by atoms with Crippen LogP contribution < -0.4 is 4.90 Å². The minimum atomic E-state index is -0.296. The average molecular weight is 327 g/mol. The third-order valence-electron chi connectivity index (χ3n) is 3.81. The Hall–Kier alpha value is -1.10. The summed E-state index contributed by atoms with van der Waals surface area (Å²) in [6.07, 6.45) is 3.33. The summed E-state index contributed by atoms with van der Waals surface area (Å²) in [6.45, 7) is 6.32. The van der Waals surface area contributed by atoms with Crippen LogP contribution in [0, 0.1) is 15.5 Å². The number of halogens is 1. The first-order valence-electron chi connectivity index (χ1n) is 6.58. The van der Waals surface area contributed by atoms with Crippen LogP contribution in [0.2, 0.25) is 0 Å². The number of anilines is 1. The zero-order valence-corrected chi connectivity index (χ0v) is 12.9. The van der Waals surface area contributed by atoms with Gasteiger partial charge in [-0.15, -0.1) is 0 Å². The van der Waals surface area contributed by atoms with Gasteiger partial charge in [0.05, 0.1) is 4.92 Å². The summed E-state index contributed by atoms with van der Waals surface area (Å²) in [5, 5.41) is 11.2. The molecule has 0 aromatic heterocycles. The second-order valence-corrected chi connectivity index (χ2v) is 6.81. The van der Waals surface area contributed by atoms with Gasteiger partial charge in [0.1, 0.15) is 5.69 Å². The highest BCUT2D eigenvalue weighted by molar-refractivity contribution is 9.10. The van der Waals surface area contributed by atoms with E-state index < -0.39 is 0 Å². The third kappa shape index (κ3) is 3.47. The summed E-state index contributed by atoms with van der Waals surface area (Å²) in [5.41, 5.74) is 1.26. The maximum absolute atomic E-state index is 11.2. The molecule has 1 aliphatic rings.